The van der Waals surface area contributed by atoms with Gasteiger partial charge in [-0.3, -0.25) is 9.59 Å². The molecule has 2 aliphatic heterocycles. The smallest absolute Gasteiger partial charge is 0.337 e. The minimum atomic E-state index is -0.972. The van der Waals surface area contributed by atoms with E-state index < -0.39 is 29.7 Å². The molecule has 4 N–H and O–H groups in total. The summed E-state index contributed by atoms with van der Waals surface area (Å²) in [4.78, 5) is 60.4. The number of benzene rings is 1. The Morgan fingerprint density at radius 3 is 2.26 bits per heavy atom. The second kappa shape index (κ2) is 9.33. The van der Waals surface area contributed by atoms with Gasteiger partial charge in [-0.2, -0.15) is 9.97 Å². The maximum absolute atomic E-state index is 13.2. The Hall–Kier alpha value is -4.22. The number of rotatable bonds is 5. The zero-order valence-electron chi connectivity index (χ0n) is 18.7. The SMILES string of the molecule is COC(=O)c1cc(NC(=O)C2CC(=O)Nc3nc(N4CCCC4)nc(N)c32)cc(C(=O)OC)c1. The van der Waals surface area contributed by atoms with Gasteiger partial charge in [-0.15, -0.1) is 0 Å². The number of aromatic nitrogens is 2. The van der Waals surface area contributed by atoms with E-state index in [1.165, 1.54) is 32.4 Å². The maximum atomic E-state index is 13.2. The molecule has 1 fully saturated rings. The quantitative estimate of drug-likeness (QED) is 0.544. The topological polar surface area (TPSA) is 166 Å². The van der Waals surface area contributed by atoms with Gasteiger partial charge < -0.3 is 30.7 Å². The molecule has 0 aliphatic carbocycles. The van der Waals surface area contributed by atoms with Crippen LogP contribution in [0.3, 0.4) is 0 Å². The lowest BCUT2D eigenvalue weighted by Gasteiger charge is -2.27. The van der Waals surface area contributed by atoms with Crippen molar-refractivity contribution < 1.29 is 28.7 Å². The van der Waals surface area contributed by atoms with Gasteiger partial charge >= 0.3 is 11.9 Å². The van der Waals surface area contributed by atoms with Crippen LogP contribution in [0.25, 0.3) is 0 Å². The van der Waals surface area contributed by atoms with Crippen molar-refractivity contribution in [3.63, 3.8) is 0 Å². The molecule has 12 nitrogen and oxygen atoms in total. The molecule has 3 heterocycles. The van der Waals surface area contributed by atoms with Gasteiger partial charge in [0.2, 0.25) is 17.8 Å². The number of anilines is 4. The molecule has 1 aromatic heterocycles. The molecule has 4 rings (SSSR count). The summed E-state index contributed by atoms with van der Waals surface area (Å²) < 4.78 is 9.43. The van der Waals surface area contributed by atoms with E-state index >= 15 is 0 Å². The third-order valence-corrected chi connectivity index (χ3v) is 5.71. The Morgan fingerprint density at radius 2 is 1.68 bits per heavy atom. The molecule has 1 unspecified atom stereocenters. The molecule has 0 saturated carbocycles. The summed E-state index contributed by atoms with van der Waals surface area (Å²) in [6, 6.07) is 4.01. The monoisotopic (exact) mass is 468 g/mol. The molecule has 0 bridgehead atoms. The van der Waals surface area contributed by atoms with Crippen LogP contribution in [0, 0.1) is 0 Å². The summed E-state index contributed by atoms with van der Waals surface area (Å²) in [5.41, 5.74) is 6.76. The number of hydrogen-bond donors (Lipinski definition) is 3. The van der Waals surface area contributed by atoms with Crippen LogP contribution >= 0.6 is 0 Å². The standard InChI is InChI=1S/C22H24N6O6/c1-33-20(31)11-7-12(21(32)34-2)9-13(8-11)24-19(30)14-10-15(29)25-18-16(14)17(23)26-22(27-18)28-5-3-4-6-28/h7-9,14H,3-6,10H2,1-2H3,(H,24,30)(H3,23,25,26,27,29). The van der Waals surface area contributed by atoms with E-state index in [0.29, 0.717) is 11.5 Å². The Bertz CT molecular complexity index is 1140. The van der Waals surface area contributed by atoms with Crippen LogP contribution in [0.15, 0.2) is 18.2 Å². The van der Waals surface area contributed by atoms with E-state index in [4.69, 9.17) is 15.2 Å². The number of amides is 2. The Labute approximate surface area is 194 Å². The van der Waals surface area contributed by atoms with Crippen molar-refractivity contribution in [1.82, 2.24) is 9.97 Å². The van der Waals surface area contributed by atoms with Gasteiger partial charge in [-0.25, -0.2) is 9.59 Å². The average Bonchev–Trinajstić information content (AvgIpc) is 3.37. The van der Waals surface area contributed by atoms with Crippen LogP contribution in [0.5, 0.6) is 0 Å². The van der Waals surface area contributed by atoms with Crippen molar-refractivity contribution in [2.24, 2.45) is 0 Å². The predicted octanol–water partition coefficient (Wildman–Crippen LogP) is 1.30. The third-order valence-electron chi connectivity index (χ3n) is 5.71. The molecule has 34 heavy (non-hydrogen) atoms. The Morgan fingerprint density at radius 1 is 1.06 bits per heavy atom. The van der Waals surface area contributed by atoms with E-state index in [2.05, 4.69) is 20.6 Å². The van der Waals surface area contributed by atoms with Crippen molar-refractivity contribution >= 4 is 47.0 Å². The molecule has 178 valence electrons. The number of fused-ring (bicyclic) bond motifs is 1. The second-order valence-corrected chi connectivity index (χ2v) is 7.94. The molecular weight excluding hydrogens is 444 g/mol. The van der Waals surface area contributed by atoms with E-state index in [0.717, 1.165) is 25.9 Å². The first-order valence-corrected chi connectivity index (χ1v) is 10.7. The minimum Gasteiger partial charge on any atom is -0.465 e. The zero-order chi connectivity index (χ0) is 24.4. The molecule has 0 radical (unpaired) electrons. The summed E-state index contributed by atoms with van der Waals surface area (Å²) in [5.74, 6) is -2.63. The van der Waals surface area contributed by atoms with Crippen molar-refractivity contribution in [2.75, 3.05) is 48.6 Å². The summed E-state index contributed by atoms with van der Waals surface area (Å²) in [6.07, 6.45) is 1.85. The summed E-state index contributed by atoms with van der Waals surface area (Å²) >= 11 is 0. The number of hydrogen-bond acceptors (Lipinski definition) is 10. The molecule has 1 saturated heterocycles. The van der Waals surface area contributed by atoms with Crippen LogP contribution in [-0.2, 0) is 19.1 Å². The van der Waals surface area contributed by atoms with Crippen LogP contribution in [0.2, 0.25) is 0 Å². The van der Waals surface area contributed by atoms with Gasteiger partial charge in [0.05, 0.1) is 36.8 Å². The molecule has 1 aromatic carbocycles. The van der Waals surface area contributed by atoms with Crippen molar-refractivity contribution in [2.45, 2.75) is 25.2 Å². The number of ether oxygens (including phenoxy) is 2. The number of nitrogens with zero attached hydrogens (tertiary/aromatic N) is 3. The van der Waals surface area contributed by atoms with Crippen LogP contribution in [0.4, 0.5) is 23.3 Å². The lowest BCUT2D eigenvalue weighted by Crippen LogP contribution is -2.33. The lowest BCUT2D eigenvalue weighted by atomic mass is 9.91. The predicted molar refractivity (Wildman–Crippen MR) is 122 cm³/mol. The van der Waals surface area contributed by atoms with Crippen molar-refractivity contribution in [3.8, 4) is 0 Å². The maximum Gasteiger partial charge on any atom is 0.337 e. The fourth-order valence-corrected chi connectivity index (χ4v) is 4.07. The highest BCUT2D eigenvalue weighted by Crippen LogP contribution is 2.37. The van der Waals surface area contributed by atoms with E-state index in [1.807, 2.05) is 4.90 Å². The number of nitrogen functional groups attached to an aromatic ring is 1. The first kappa shape index (κ1) is 23.0. The fourth-order valence-electron chi connectivity index (χ4n) is 4.07. The van der Waals surface area contributed by atoms with E-state index in [9.17, 15) is 19.2 Å². The molecule has 2 aliphatic rings. The number of carbonyl (C=O) groups is 4. The number of methoxy groups -OCH3 is 2. The van der Waals surface area contributed by atoms with Crippen molar-refractivity contribution in [1.29, 1.82) is 0 Å². The summed E-state index contributed by atoms with van der Waals surface area (Å²) in [5, 5.41) is 5.33. The van der Waals surface area contributed by atoms with Gasteiger partial charge in [-0.05, 0) is 31.0 Å². The summed E-state index contributed by atoms with van der Waals surface area (Å²) in [7, 11) is 2.39. The van der Waals surface area contributed by atoms with Gasteiger partial charge in [0, 0.05) is 25.2 Å². The zero-order valence-corrected chi connectivity index (χ0v) is 18.7. The number of carbonyl (C=O) groups excluding carboxylic acids is 4. The second-order valence-electron chi connectivity index (χ2n) is 7.94. The van der Waals surface area contributed by atoms with Gasteiger partial charge in [-0.1, -0.05) is 0 Å². The van der Waals surface area contributed by atoms with Gasteiger partial charge in [0.15, 0.2) is 0 Å². The van der Waals surface area contributed by atoms with Crippen LogP contribution < -0.4 is 21.3 Å². The van der Waals surface area contributed by atoms with Crippen LogP contribution in [0.1, 0.15) is 51.5 Å². The molecular formula is C22H24N6O6. The fraction of sp³-hybridized carbons (Fsp3) is 0.364. The van der Waals surface area contributed by atoms with Crippen LogP contribution in [-0.4, -0.2) is 61.0 Å². The van der Waals surface area contributed by atoms with E-state index in [-0.39, 0.29) is 34.9 Å². The first-order valence-electron chi connectivity index (χ1n) is 10.7. The van der Waals surface area contributed by atoms with Crippen molar-refractivity contribution in [3.05, 3.63) is 34.9 Å². The number of nitrogens with two attached hydrogens (primary N) is 1. The average molecular weight is 468 g/mol. The molecule has 0 spiro atoms. The van der Waals surface area contributed by atoms with Gasteiger partial charge in [0.25, 0.3) is 0 Å². The molecule has 2 aromatic rings. The highest BCUT2D eigenvalue weighted by atomic mass is 16.5. The highest BCUT2D eigenvalue weighted by molar-refractivity contribution is 6.06. The Kier molecular flexibility index (Phi) is 6.30. The molecule has 1 atom stereocenters. The molecule has 2 amide bonds. The number of nitrogens with one attached hydrogen (secondary N) is 2. The first-order chi connectivity index (χ1) is 16.3. The van der Waals surface area contributed by atoms with Gasteiger partial charge in [0.1, 0.15) is 11.6 Å². The minimum absolute atomic E-state index is 0.0422. The summed E-state index contributed by atoms with van der Waals surface area (Å²) in [6.45, 7) is 1.57. The van der Waals surface area contributed by atoms with E-state index in [1.54, 1.807) is 0 Å². The molecule has 12 heteroatoms. The number of esters is 2. The lowest BCUT2D eigenvalue weighted by molar-refractivity contribution is -0.123. The third kappa shape index (κ3) is 4.47. The normalized spacial score (nSPS) is 16.9. The highest BCUT2D eigenvalue weighted by Gasteiger charge is 2.35. The largest absolute Gasteiger partial charge is 0.465 e. The Balaban J connectivity index is 1.66.